The largest absolute Gasteiger partial charge is 0.480 e. The Hall–Kier alpha value is -2.06. The predicted molar refractivity (Wildman–Crippen MR) is 90.9 cm³/mol. The lowest BCUT2D eigenvalue weighted by Gasteiger charge is -2.37. The molecule has 1 amide bonds. The summed E-state index contributed by atoms with van der Waals surface area (Å²) in [5.41, 5.74) is 0.729. The van der Waals surface area contributed by atoms with Gasteiger partial charge in [0.15, 0.2) is 11.9 Å². The zero-order valence-electron chi connectivity index (χ0n) is 13.9. The molecule has 26 heavy (non-hydrogen) atoms. The van der Waals surface area contributed by atoms with E-state index in [1.165, 1.54) is 0 Å². The smallest absolute Gasteiger partial charge is 0.411 e. The minimum absolute atomic E-state index is 0.0420. The molecule has 0 spiro atoms. The number of Topliss-reactive ketones (excluding diaryl/α,β-unsaturated/α-hetero) is 1. The van der Waals surface area contributed by atoms with Crippen molar-refractivity contribution in [1.29, 1.82) is 0 Å². The maximum Gasteiger partial charge on any atom is 0.411 e. The molecule has 2 rings (SSSR count). The monoisotopic (exact) mass is 386 g/mol. The number of likely N-dealkylation sites (tertiary alicyclic amines) is 1. The number of benzene rings is 1. The molecular formula is C16H21NO8P+. The molecule has 10 heteroatoms. The summed E-state index contributed by atoms with van der Waals surface area (Å²) in [4.78, 5) is 64.3. The molecule has 2 atom stereocenters. The molecule has 4 N–H and O–H groups in total. The zero-order chi connectivity index (χ0) is 19.3. The van der Waals surface area contributed by atoms with Crippen LogP contribution in [0.25, 0.3) is 0 Å². The summed E-state index contributed by atoms with van der Waals surface area (Å²) in [5.74, 6) is -3.34. The van der Waals surface area contributed by atoms with Crippen LogP contribution in [0.4, 0.5) is 4.79 Å². The highest BCUT2D eigenvalue weighted by Crippen LogP contribution is 2.45. The van der Waals surface area contributed by atoms with E-state index < -0.39 is 43.9 Å². The first-order valence-corrected chi connectivity index (χ1v) is 9.81. The Morgan fingerprint density at radius 1 is 1.15 bits per heavy atom. The fourth-order valence-corrected chi connectivity index (χ4v) is 3.62. The average molecular weight is 386 g/mol. The number of carbonyl (C=O) groups is 3. The second kappa shape index (κ2) is 8.55. The highest BCUT2D eigenvalue weighted by molar-refractivity contribution is 7.59. The van der Waals surface area contributed by atoms with Gasteiger partial charge in [-0.3, -0.25) is 9.69 Å². The van der Waals surface area contributed by atoms with Crippen LogP contribution in [-0.4, -0.2) is 61.3 Å². The van der Waals surface area contributed by atoms with Crippen LogP contribution in [0.1, 0.15) is 18.4 Å². The number of carboxylic acids is 1. The summed E-state index contributed by atoms with van der Waals surface area (Å²) < 4.78 is 5.15. The SMILES string of the molecule is O=C(C[P+](O)(O)O)C1CCCN(C(=O)OCc2ccccc2)C1C(=O)O. The molecule has 1 heterocycles. The van der Waals surface area contributed by atoms with Crippen molar-refractivity contribution in [3.05, 3.63) is 35.9 Å². The van der Waals surface area contributed by atoms with E-state index >= 15 is 0 Å². The first-order chi connectivity index (χ1) is 12.2. The normalized spacial score (nSPS) is 20.5. The minimum Gasteiger partial charge on any atom is -0.480 e. The summed E-state index contributed by atoms with van der Waals surface area (Å²) >= 11 is 0. The van der Waals surface area contributed by atoms with Crippen LogP contribution in [-0.2, 0) is 20.9 Å². The van der Waals surface area contributed by atoms with Crippen LogP contribution in [0.2, 0.25) is 0 Å². The van der Waals surface area contributed by atoms with Gasteiger partial charge < -0.3 is 9.84 Å². The molecule has 1 aromatic carbocycles. The number of ether oxygens (including phenoxy) is 1. The summed E-state index contributed by atoms with van der Waals surface area (Å²) in [7, 11) is -4.37. The standard InChI is InChI=1S/C16H20NO8P/c18-13(10-26(22,23)24)12-7-4-8-17(14(12)15(19)20)16(21)25-9-11-5-2-1-3-6-11/h1-3,5-6,12,14,22-24H,4,7-10H2/p+1. The third-order valence-corrected chi connectivity index (χ3v) is 4.84. The van der Waals surface area contributed by atoms with Crippen LogP contribution in [0, 0.1) is 5.92 Å². The number of amides is 1. The number of nitrogens with zero attached hydrogens (tertiary/aromatic N) is 1. The maximum atomic E-state index is 12.3. The van der Waals surface area contributed by atoms with Crippen molar-refractivity contribution in [2.75, 3.05) is 12.7 Å². The van der Waals surface area contributed by atoms with E-state index in [9.17, 15) is 19.5 Å². The van der Waals surface area contributed by atoms with Gasteiger partial charge in [-0.05, 0) is 18.4 Å². The van der Waals surface area contributed by atoms with Crippen molar-refractivity contribution < 1.29 is 38.9 Å². The third kappa shape index (κ3) is 5.47. The van der Waals surface area contributed by atoms with Gasteiger partial charge in [0.25, 0.3) is 0 Å². The third-order valence-electron chi connectivity index (χ3n) is 4.11. The Morgan fingerprint density at radius 3 is 2.38 bits per heavy atom. The van der Waals surface area contributed by atoms with E-state index in [0.717, 1.165) is 10.5 Å². The number of hydrogen-bond acceptors (Lipinski definition) is 7. The van der Waals surface area contributed by atoms with E-state index in [2.05, 4.69) is 0 Å². The van der Waals surface area contributed by atoms with Gasteiger partial charge in [0.2, 0.25) is 0 Å². The summed E-state index contributed by atoms with van der Waals surface area (Å²) in [5, 5.41) is 9.48. The molecule has 1 saturated heterocycles. The van der Waals surface area contributed by atoms with Crippen molar-refractivity contribution >= 4 is 25.8 Å². The molecule has 0 bridgehead atoms. The molecule has 142 valence electrons. The van der Waals surface area contributed by atoms with Gasteiger partial charge in [-0.2, -0.15) is 14.7 Å². The van der Waals surface area contributed by atoms with Crippen LogP contribution in [0.3, 0.4) is 0 Å². The predicted octanol–water partition coefficient (Wildman–Crippen LogP) is 0.797. The first-order valence-electron chi connectivity index (χ1n) is 7.98. The fraction of sp³-hybridized carbons (Fsp3) is 0.438. The molecular weight excluding hydrogens is 365 g/mol. The van der Waals surface area contributed by atoms with Gasteiger partial charge in [-0.25, -0.2) is 9.59 Å². The van der Waals surface area contributed by atoms with Crippen molar-refractivity contribution in [3.63, 3.8) is 0 Å². The van der Waals surface area contributed by atoms with Gasteiger partial charge in [0.1, 0.15) is 12.6 Å². The minimum atomic E-state index is -4.37. The Labute approximate surface area is 150 Å². The summed E-state index contributed by atoms with van der Waals surface area (Å²) in [6, 6.07) is 7.36. The molecule has 9 nitrogen and oxygen atoms in total. The van der Waals surface area contributed by atoms with Crippen LogP contribution in [0.5, 0.6) is 0 Å². The average Bonchev–Trinajstić information content (AvgIpc) is 2.58. The van der Waals surface area contributed by atoms with Crippen LogP contribution in [0.15, 0.2) is 30.3 Å². The summed E-state index contributed by atoms with van der Waals surface area (Å²) in [6.07, 6.45) is -1.28. The van der Waals surface area contributed by atoms with Gasteiger partial charge in [0.05, 0.1) is 5.92 Å². The molecule has 0 saturated carbocycles. The number of hydrogen-bond donors (Lipinski definition) is 4. The number of piperidine rings is 1. The Bertz CT molecular complexity index is 660. The van der Waals surface area contributed by atoms with Gasteiger partial charge in [-0.1, -0.05) is 30.3 Å². The number of carboxylic acid groups (broad SMARTS) is 1. The maximum absolute atomic E-state index is 12.3. The van der Waals surface area contributed by atoms with Gasteiger partial charge >= 0.3 is 20.0 Å². The van der Waals surface area contributed by atoms with E-state index in [4.69, 9.17) is 19.4 Å². The fourth-order valence-electron chi connectivity index (χ4n) is 2.97. The molecule has 0 radical (unpaired) electrons. The Balaban J connectivity index is 2.09. The van der Waals surface area contributed by atoms with Crippen LogP contribution >= 0.6 is 7.94 Å². The van der Waals surface area contributed by atoms with Gasteiger partial charge in [-0.15, -0.1) is 0 Å². The molecule has 0 aromatic heterocycles. The second-order valence-electron chi connectivity index (χ2n) is 6.08. The molecule has 1 aliphatic heterocycles. The molecule has 1 fully saturated rings. The van der Waals surface area contributed by atoms with E-state index in [-0.39, 0.29) is 19.6 Å². The van der Waals surface area contributed by atoms with Crippen molar-refractivity contribution in [2.45, 2.75) is 25.5 Å². The lowest BCUT2D eigenvalue weighted by Crippen LogP contribution is -2.55. The van der Waals surface area contributed by atoms with Crippen molar-refractivity contribution in [2.24, 2.45) is 5.92 Å². The Morgan fingerprint density at radius 2 is 1.81 bits per heavy atom. The molecule has 2 unspecified atom stereocenters. The highest BCUT2D eigenvalue weighted by Gasteiger charge is 2.47. The van der Waals surface area contributed by atoms with Crippen LogP contribution < -0.4 is 0 Å². The zero-order valence-corrected chi connectivity index (χ0v) is 14.8. The first kappa shape index (κ1) is 20.3. The molecule has 0 aliphatic carbocycles. The lowest BCUT2D eigenvalue weighted by molar-refractivity contribution is -0.149. The number of rotatable bonds is 6. The van der Waals surface area contributed by atoms with E-state index in [1.54, 1.807) is 30.3 Å². The quantitative estimate of drug-likeness (QED) is 0.526. The van der Waals surface area contributed by atoms with Crippen molar-refractivity contribution in [1.82, 2.24) is 4.90 Å². The number of ketones is 1. The van der Waals surface area contributed by atoms with E-state index in [0.29, 0.717) is 6.42 Å². The molecule has 1 aromatic rings. The second-order valence-corrected chi connectivity index (χ2v) is 7.78. The number of carbonyl (C=O) groups excluding carboxylic acids is 2. The van der Waals surface area contributed by atoms with Crippen molar-refractivity contribution in [3.8, 4) is 0 Å². The molecule has 1 aliphatic rings. The highest BCUT2D eigenvalue weighted by atomic mass is 31.2. The lowest BCUT2D eigenvalue weighted by atomic mass is 9.86. The van der Waals surface area contributed by atoms with E-state index in [1.807, 2.05) is 0 Å². The topological polar surface area (TPSA) is 145 Å². The number of aliphatic carboxylic acids is 1. The van der Waals surface area contributed by atoms with Gasteiger partial charge in [0, 0.05) is 6.54 Å². The summed E-state index contributed by atoms with van der Waals surface area (Å²) in [6.45, 7) is 0.0612. The Kier molecular flexibility index (Phi) is 6.66.